The average molecular weight is 261 g/mol. The third-order valence-corrected chi connectivity index (χ3v) is 2.48. The molecule has 5 nitrogen and oxygen atoms in total. The minimum Gasteiger partial charge on any atom is -0.396 e. The number of nitrogen functional groups attached to an aromatic ring is 1. The van der Waals surface area contributed by atoms with E-state index in [0.29, 0.717) is 16.1 Å². The molecule has 1 rings (SSSR count). The Morgan fingerprint density at radius 2 is 2.21 bits per heavy atom. The molecule has 6 heteroatoms. The molecule has 0 amide bonds. The van der Waals surface area contributed by atoms with Crippen molar-refractivity contribution in [2.75, 3.05) is 24.2 Å². The Balaban J connectivity index is 2.46. The van der Waals surface area contributed by atoms with E-state index in [9.17, 15) is 0 Å². The summed E-state index contributed by atoms with van der Waals surface area (Å²) in [5, 5.41) is 11.7. The fraction of sp³-hybridized carbons (Fsp3) is 0.500. The van der Waals surface area contributed by atoms with Crippen LogP contribution in [0.2, 0.25) is 0 Å². The molecule has 0 radical (unpaired) electrons. The molecule has 0 saturated carbocycles. The van der Waals surface area contributed by atoms with Crippen molar-refractivity contribution in [3.8, 4) is 0 Å². The fourth-order valence-electron chi connectivity index (χ4n) is 0.950. The lowest BCUT2D eigenvalue weighted by Crippen LogP contribution is -2.06. The predicted molar refractivity (Wildman–Crippen MR) is 59.0 cm³/mol. The number of halogens is 1. The van der Waals surface area contributed by atoms with Crippen molar-refractivity contribution in [1.82, 2.24) is 9.97 Å². The number of nitrogens with zero attached hydrogens (tertiary/aromatic N) is 2. The lowest BCUT2D eigenvalue weighted by Gasteiger charge is -2.07. The molecular formula is C8H13BrN4O. The van der Waals surface area contributed by atoms with Crippen molar-refractivity contribution in [2.45, 2.75) is 12.8 Å². The number of aliphatic hydroxyl groups is 1. The quantitative estimate of drug-likeness (QED) is 0.689. The minimum absolute atomic E-state index is 0.217. The zero-order valence-electron chi connectivity index (χ0n) is 7.70. The number of hydrogen-bond acceptors (Lipinski definition) is 5. The van der Waals surface area contributed by atoms with Crippen LogP contribution in [0.25, 0.3) is 0 Å². The van der Waals surface area contributed by atoms with Gasteiger partial charge in [-0.15, -0.1) is 0 Å². The van der Waals surface area contributed by atoms with E-state index in [2.05, 4.69) is 31.2 Å². The Bertz CT molecular complexity index is 295. The van der Waals surface area contributed by atoms with Crippen molar-refractivity contribution >= 4 is 27.6 Å². The van der Waals surface area contributed by atoms with Crippen LogP contribution in [0.15, 0.2) is 10.8 Å². The van der Waals surface area contributed by atoms with Gasteiger partial charge in [0.25, 0.3) is 0 Å². The van der Waals surface area contributed by atoms with Gasteiger partial charge in [-0.05, 0) is 28.8 Å². The molecule has 0 saturated heterocycles. The van der Waals surface area contributed by atoms with Gasteiger partial charge in [-0.1, -0.05) is 0 Å². The number of nitrogens with one attached hydrogen (secondary N) is 1. The van der Waals surface area contributed by atoms with Crippen molar-refractivity contribution in [2.24, 2.45) is 0 Å². The zero-order chi connectivity index (χ0) is 10.4. The molecule has 4 N–H and O–H groups in total. The standard InChI is InChI=1S/C8H13BrN4O/c9-6-7(10)12-5-13-8(6)11-3-1-2-4-14/h5,14H,1-4H2,(H3,10,11,12,13). The number of rotatable bonds is 5. The summed E-state index contributed by atoms with van der Waals surface area (Å²) in [4.78, 5) is 7.85. The van der Waals surface area contributed by atoms with E-state index >= 15 is 0 Å². The molecule has 0 spiro atoms. The van der Waals surface area contributed by atoms with Gasteiger partial charge >= 0.3 is 0 Å². The lowest BCUT2D eigenvalue weighted by atomic mass is 10.3. The SMILES string of the molecule is Nc1ncnc(NCCCCO)c1Br. The van der Waals surface area contributed by atoms with E-state index in [1.807, 2.05) is 0 Å². The summed E-state index contributed by atoms with van der Waals surface area (Å²) in [5.74, 6) is 1.11. The number of anilines is 2. The number of hydrogen-bond donors (Lipinski definition) is 3. The molecule has 0 unspecified atom stereocenters. The summed E-state index contributed by atoms with van der Waals surface area (Å²) >= 11 is 3.29. The predicted octanol–water partition coefficient (Wildman–Crippen LogP) is 1.01. The molecule has 0 bridgehead atoms. The third-order valence-electron chi connectivity index (χ3n) is 1.69. The van der Waals surface area contributed by atoms with Gasteiger partial charge in [0.1, 0.15) is 22.4 Å². The highest BCUT2D eigenvalue weighted by molar-refractivity contribution is 9.10. The molecule has 1 heterocycles. The van der Waals surface area contributed by atoms with Gasteiger partial charge in [0.05, 0.1) is 0 Å². The monoisotopic (exact) mass is 260 g/mol. The van der Waals surface area contributed by atoms with Gasteiger partial charge in [0.15, 0.2) is 0 Å². The summed E-state index contributed by atoms with van der Waals surface area (Å²) < 4.78 is 0.684. The summed E-state index contributed by atoms with van der Waals surface area (Å²) in [5.41, 5.74) is 5.57. The second-order valence-electron chi connectivity index (χ2n) is 2.78. The Morgan fingerprint density at radius 3 is 2.93 bits per heavy atom. The maximum absolute atomic E-state index is 8.58. The number of aromatic nitrogens is 2. The maximum atomic E-state index is 8.58. The van der Waals surface area contributed by atoms with Gasteiger partial charge in [-0.25, -0.2) is 9.97 Å². The van der Waals surface area contributed by atoms with Crippen LogP contribution in [0.1, 0.15) is 12.8 Å². The Morgan fingerprint density at radius 1 is 1.43 bits per heavy atom. The minimum atomic E-state index is 0.217. The summed E-state index contributed by atoms with van der Waals surface area (Å²) in [7, 11) is 0. The van der Waals surface area contributed by atoms with Crippen LogP contribution in [0, 0.1) is 0 Å². The fourth-order valence-corrected chi connectivity index (χ4v) is 1.30. The lowest BCUT2D eigenvalue weighted by molar-refractivity contribution is 0.286. The van der Waals surface area contributed by atoms with Crippen LogP contribution in [-0.2, 0) is 0 Å². The Hall–Kier alpha value is -0.880. The summed E-state index contributed by atoms with van der Waals surface area (Å²) in [6, 6.07) is 0. The van der Waals surface area contributed by atoms with Crippen LogP contribution >= 0.6 is 15.9 Å². The van der Waals surface area contributed by atoms with E-state index in [1.54, 1.807) is 0 Å². The molecule has 0 atom stereocenters. The van der Waals surface area contributed by atoms with E-state index in [0.717, 1.165) is 19.4 Å². The molecular weight excluding hydrogens is 248 g/mol. The summed E-state index contributed by atoms with van der Waals surface area (Å²) in [6.07, 6.45) is 3.09. The molecule has 0 aliphatic carbocycles. The first-order valence-electron chi connectivity index (χ1n) is 4.36. The third kappa shape index (κ3) is 3.12. The van der Waals surface area contributed by atoms with Crippen LogP contribution in [0.5, 0.6) is 0 Å². The molecule has 0 fully saturated rings. The first-order valence-corrected chi connectivity index (χ1v) is 5.15. The van der Waals surface area contributed by atoms with Crippen molar-refractivity contribution in [3.63, 3.8) is 0 Å². The Labute approximate surface area is 90.9 Å². The molecule has 1 aromatic rings. The van der Waals surface area contributed by atoms with Crippen LogP contribution in [0.3, 0.4) is 0 Å². The smallest absolute Gasteiger partial charge is 0.145 e. The van der Waals surface area contributed by atoms with Gasteiger partial charge in [0, 0.05) is 13.2 Å². The first kappa shape index (κ1) is 11.2. The average Bonchev–Trinajstić information content (AvgIpc) is 2.19. The molecule has 0 aliphatic rings. The molecule has 78 valence electrons. The zero-order valence-corrected chi connectivity index (χ0v) is 9.29. The van der Waals surface area contributed by atoms with Gasteiger partial charge in [-0.3, -0.25) is 0 Å². The van der Waals surface area contributed by atoms with E-state index in [-0.39, 0.29) is 6.61 Å². The van der Waals surface area contributed by atoms with Crippen molar-refractivity contribution in [1.29, 1.82) is 0 Å². The Kier molecular flexibility index (Phi) is 4.61. The van der Waals surface area contributed by atoms with Gasteiger partial charge in [0.2, 0.25) is 0 Å². The van der Waals surface area contributed by atoms with E-state index in [1.165, 1.54) is 6.33 Å². The molecule has 1 aromatic heterocycles. The number of nitrogens with two attached hydrogens (primary N) is 1. The maximum Gasteiger partial charge on any atom is 0.145 e. The molecule has 0 aromatic carbocycles. The summed E-state index contributed by atoms with van der Waals surface area (Å²) in [6.45, 7) is 0.977. The van der Waals surface area contributed by atoms with Crippen LogP contribution in [0.4, 0.5) is 11.6 Å². The second-order valence-corrected chi connectivity index (χ2v) is 3.57. The highest BCUT2D eigenvalue weighted by Crippen LogP contribution is 2.23. The van der Waals surface area contributed by atoms with Crippen molar-refractivity contribution in [3.05, 3.63) is 10.8 Å². The topological polar surface area (TPSA) is 84.1 Å². The van der Waals surface area contributed by atoms with Crippen LogP contribution in [-0.4, -0.2) is 28.2 Å². The van der Waals surface area contributed by atoms with Gasteiger partial charge < -0.3 is 16.2 Å². The molecule has 14 heavy (non-hydrogen) atoms. The van der Waals surface area contributed by atoms with Crippen molar-refractivity contribution < 1.29 is 5.11 Å². The van der Waals surface area contributed by atoms with E-state index in [4.69, 9.17) is 10.8 Å². The van der Waals surface area contributed by atoms with Gasteiger partial charge in [-0.2, -0.15) is 0 Å². The number of unbranched alkanes of at least 4 members (excludes halogenated alkanes) is 1. The van der Waals surface area contributed by atoms with Crippen LogP contribution < -0.4 is 11.1 Å². The highest BCUT2D eigenvalue weighted by Gasteiger charge is 2.03. The largest absolute Gasteiger partial charge is 0.396 e. The second kappa shape index (κ2) is 5.77. The normalized spacial score (nSPS) is 10.1. The van der Waals surface area contributed by atoms with E-state index < -0.39 is 0 Å². The highest BCUT2D eigenvalue weighted by atomic mass is 79.9. The number of aliphatic hydroxyl groups excluding tert-OH is 1. The molecule has 0 aliphatic heterocycles. The first-order chi connectivity index (χ1) is 6.75.